The Balaban J connectivity index is 1.73. The summed E-state index contributed by atoms with van der Waals surface area (Å²) in [4.78, 5) is 19.1. The summed E-state index contributed by atoms with van der Waals surface area (Å²) in [6.45, 7) is 1.79. The molecule has 3 rings (SSSR count). The minimum absolute atomic E-state index is 0.0749. The first-order chi connectivity index (χ1) is 12.5. The summed E-state index contributed by atoms with van der Waals surface area (Å²) < 4.78 is 13.6. The zero-order valence-electron chi connectivity index (χ0n) is 15.2. The van der Waals surface area contributed by atoms with Gasteiger partial charge in [-0.2, -0.15) is 0 Å². The number of hydrogen-bond donors (Lipinski definition) is 1. The van der Waals surface area contributed by atoms with Gasteiger partial charge in [0, 0.05) is 44.3 Å². The van der Waals surface area contributed by atoms with Gasteiger partial charge < -0.3 is 9.88 Å². The van der Waals surface area contributed by atoms with Gasteiger partial charge in [-0.3, -0.25) is 9.69 Å². The van der Waals surface area contributed by atoms with Crippen LogP contribution in [0.5, 0.6) is 0 Å². The molecule has 1 heterocycles. The minimum atomic E-state index is -0.234. The van der Waals surface area contributed by atoms with Crippen LogP contribution in [0.2, 0.25) is 0 Å². The van der Waals surface area contributed by atoms with Crippen molar-refractivity contribution in [2.24, 2.45) is 0 Å². The van der Waals surface area contributed by atoms with Gasteiger partial charge in [-0.25, -0.2) is 4.39 Å². The van der Waals surface area contributed by atoms with E-state index in [-0.39, 0.29) is 11.7 Å². The number of halogens is 1. The summed E-state index contributed by atoms with van der Waals surface area (Å²) >= 11 is 0. The van der Waals surface area contributed by atoms with Crippen LogP contribution in [0.1, 0.15) is 11.1 Å². The predicted octanol–water partition coefficient (Wildman–Crippen LogP) is 3.44. The highest BCUT2D eigenvalue weighted by atomic mass is 19.1. The minimum Gasteiger partial charge on any atom is -0.361 e. The van der Waals surface area contributed by atoms with Crippen molar-refractivity contribution in [1.29, 1.82) is 0 Å². The molecule has 136 valence electrons. The van der Waals surface area contributed by atoms with E-state index in [0.717, 1.165) is 29.4 Å². The van der Waals surface area contributed by atoms with Crippen LogP contribution in [0, 0.1) is 5.82 Å². The molecule has 0 bridgehead atoms. The number of benzene rings is 2. The smallest absolute Gasteiger partial charge is 0.236 e. The number of nitrogens with zero attached hydrogens (tertiary/aromatic N) is 2. The molecular formula is C21H24FN3O. The number of carbonyl (C=O) groups excluding carboxylic acids is 1. The second kappa shape index (κ2) is 8.15. The lowest BCUT2D eigenvalue weighted by Gasteiger charge is -2.23. The zero-order valence-corrected chi connectivity index (χ0v) is 15.2. The molecule has 0 radical (unpaired) electrons. The summed E-state index contributed by atoms with van der Waals surface area (Å²) in [5.41, 5.74) is 3.17. The molecule has 4 nitrogen and oxygen atoms in total. The lowest BCUT2D eigenvalue weighted by atomic mass is 10.1. The van der Waals surface area contributed by atoms with Crippen molar-refractivity contribution in [3.63, 3.8) is 0 Å². The van der Waals surface area contributed by atoms with Crippen LogP contribution in [0.25, 0.3) is 10.9 Å². The molecule has 0 saturated carbocycles. The first kappa shape index (κ1) is 18.1. The summed E-state index contributed by atoms with van der Waals surface area (Å²) in [5.74, 6) is -0.159. The Morgan fingerprint density at radius 3 is 2.62 bits per heavy atom. The van der Waals surface area contributed by atoms with E-state index in [1.54, 1.807) is 31.1 Å². The number of aromatic nitrogens is 1. The quantitative estimate of drug-likeness (QED) is 0.707. The Bertz CT molecular complexity index is 873. The first-order valence-corrected chi connectivity index (χ1v) is 8.75. The van der Waals surface area contributed by atoms with E-state index in [0.29, 0.717) is 13.1 Å². The molecule has 0 saturated heterocycles. The maximum absolute atomic E-state index is 13.6. The molecule has 5 heteroatoms. The van der Waals surface area contributed by atoms with E-state index in [1.165, 1.54) is 11.6 Å². The van der Waals surface area contributed by atoms with Crippen molar-refractivity contribution < 1.29 is 9.18 Å². The van der Waals surface area contributed by atoms with E-state index in [1.807, 2.05) is 24.4 Å². The van der Waals surface area contributed by atoms with Crippen LogP contribution >= 0.6 is 0 Å². The third-order valence-corrected chi connectivity index (χ3v) is 4.53. The van der Waals surface area contributed by atoms with E-state index in [9.17, 15) is 9.18 Å². The van der Waals surface area contributed by atoms with Crippen LogP contribution in [-0.4, -0.2) is 47.9 Å². The third kappa shape index (κ3) is 4.49. The molecule has 0 spiro atoms. The van der Waals surface area contributed by atoms with Crippen molar-refractivity contribution in [2.45, 2.75) is 13.0 Å². The number of nitrogens with one attached hydrogen (secondary N) is 1. The highest BCUT2D eigenvalue weighted by Gasteiger charge is 2.14. The summed E-state index contributed by atoms with van der Waals surface area (Å²) in [7, 11) is 3.54. The van der Waals surface area contributed by atoms with Gasteiger partial charge in [0.05, 0.1) is 6.54 Å². The van der Waals surface area contributed by atoms with Crippen LogP contribution in [0.4, 0.5) is 4.39 Å². The lowest BCUT2D eigenvalue weighted by molar-refractivity contribution is -0.130. The van der Waals surface area contributed by atoms with E-state index in [4.69, 9.17) is 0 Å². The van der Waals surface area contributed by atoms with E-state index < -0.39 is 0 Å². The summed E-state index contributed by atoms with van der Waals surface area (Å²) in [6.07, 6.45) is 2.68. The second-order valence-corrected chi connectivity index (χ2v) is 6.74. The molecule has 0 aliphatic heterocycles. The Hall–Kier alpha value is -2.66. The maximum Gasteiger partial charge on any atom is 0.236 e. The largest absolute Gasteiger partial charge is 0.361 e. The Labute approximate surface area is 153 Å². The molecule has 1 amide bonds. The molecule has 0 fully saturated rings. The number of carbonyl (C=O) groups is 1. The van der Waals surface area contributed by atoms with Gasteiger partial charge in [0.2, 0.25) is 5.91 Å². The van der Waals surface area contributed by atoms with Gasteiger partial charge in [-0.15, -0.1) is 0 Å². The van der Waals surface area contributed by atoms with Crippen molar-refractivity contribution in [3.8, 4) is 0 Å². The number of aromatic amines is 1. The second-order valence-electron chi connectivity index (χ2n) is 6.74. The normalized spacial score (nSPS) is 11.2. The number of H-pyrrole nitrogens is 1. The average Bonchev–Trinajstić information content (AvgIpc) is 3.02. The average molecular weight is 353 g/mol. The topological polar surface area (TPSA) is 39.3 Å². The molecule has 26 heavy (non-hydrogen) atoms. The van der Waals surface area contributed by atoms with Crippen LogP contribution in [-0.2, 0) is 17.8 Å². The molecule has 3 aromatic rings. The van der Waals surface area contributed by atoms with Gasteiger partial charge >= 0.3 is 0 Å². The SMILES string of the molecule is CN(C)C(=O)CN(CCc1c[nH]c2ccc(F)cc12)Cc1ccccc1. The zero-order chi connectivity index (χ0) is 18.5. The van der Waals surface area contributed by atoms with Crippen LogP contribution < -0.4 is 0 Å². The maximum atomic E-state index is 13.6. The first-order valence-electron chi connectivity index (χ1n) is 8.75. The molecule has 0 aliphatic rings. The van der Waals surface area contributed by atoms with E-state index in [2.05, 4.69) is 22.0 Å². The fraction of sp³-hybridized carbons (Fsp3) is 0.286. The van der Waals surface area contributed by atoms with Gasteiger partial charge in [-0.05, 0) is 35.7 Å². The fourth-order valence-electron chi connectivity index (χ4n) is 3.02. The lowest BCUT2D eigenvalue weighted by Crippen LogP contribution is -2.37. The molecule has 0 unspecified atom stereocenters. The third-order valence-electron chi connectivity index (χ3n) is 4.53. The van der Waals surface area contributed by atoms with Gasteiger partial charge in [-0.1, -0.05) is 30.3 Å². The van der Waals surface area contributed by atoms with Crippen molar-refractivity contribution in [3.05, 3.63) is 71.7 Å². The number of hydrogen-bond acceptors (Lipinski definition) is 2. The van der Waals surface area contributed by atoms with Crippen LogP contribution in [0.3, 0.4) is 0 Å². The van der Waals surface area contributed by atoms with Crippen molar-refractivity contribution in [2.75, 3.05) is 27.2 Å². The molecule has 2 aromatic carbocycles. The molecule has 0 aliphatic carbocycles. The van der Waals surface area contributed by atoms with E-state index >= 15 is 0 Å². The number of likely N-dealkylation sites (N-methyl/N-ethyl adjacent to an activating group) is 1. The fourth-order valence-corrected chi connectivity index (χ4v) is 3.02. The van der Waals surface area contributed by atoms with Gasteiger partial charge in [0.1, 0.15) is 5.82 Å². The highest BCUT2D eigenvalue weighted by Crippen LogP contribution is 2.20. The monoisotopic (exact) mass is 353 g/mol. The Morgan fingerprint density at radius 1 is 1.12 bits per heavy atom. The Morgan fingerprint density at radius 2 is 1.88 bits per heavy atom. The molecule has 1 N–H and O–H groups in total. The number of fused-ring (bicyclic) bond motifs is 1. The van der Waals surface area contributed by atoms with Crippen LogP contribution in [0.15, 0.2) is 54.7 Å². The van der Waals surface area contributed by atoms with Gasteiger partial charge in [0.25, 0.3) is 0 Å². The summed E-state index contributed by atoms with van der Waals surface area (Å²) in [6, 6.07) is 14.9. The molecule has 0 atom stereocenters. The van der Waals surface area contributed by atoms with Crippen molar-refractivity contribution >= 4 is 16.8 Å². The Kier molecular flexibility index (Phi) is 5.68. The number of amides is 1. The predicted molar refractivity (Wildman–Crippen MR) is 102 cm³/mol. The molecular weight excluding hydrogens is 329 g/mol. The van der Waals surface area contributed by atoms with Gasteiger partial charge in [0.15, 0.2) is 0 Å². The summed E-state index contributed by atoms with van der Waals surface area (Å²) in [5, 5.41) is 0.906. The molecule has 1 aromatic heterocycles. The number of rotatable bonds is 7. The van der Waals surface area contributed by atoms with Crippen molar-refractivity contribution in [1.82, 2.24) is 14.8 Å². The highest BCUT2D eigenvalue weighted by molar-refractivity contribution is 5.83. The standard InChI is InChI=1S/C21H24FN3O/c1-24(2)21(26)15-25(14-16-6-4-3-5-7-16)11-10-17-13-23-20-9-8-18(22)12-19(17)20/h3-9,12-13,23H,10-11,14-15H2,1-2H3.